The van der Waals surface area contributed by atoms with Crippen molar-refractivity contribution >= 4 is 6.03 Å². The third-order valence-corrected chi connectivity index (χ3v) is 2.00. The van der Waals surface area contributed by atoms with Gasteiger partial charge in [-0.1, -0.05) is 20.3 Å². The van der Waals surface area contributed by atoms with E-state index in [1.807, 2.05) is 4.90 Å². The number of hydrogen-bond donors (Lipinski definition) is 1. The van der Waals surface area contributed by atoms with Crippen molar-refractivity contribution in [2.45, 2.75) is 20.3 Å². The van der Waals surface area contributed by atoms with E-state index >= 15 is 0 Å². The van der Waals surface area contributed by atoms with Crippen LogP contribution in [0.3, 0.4) is 0 Å². The molecule has 0 radical (unpaired) electrons. The highest BCUT2D eigenvalue weighted by Gasteiger charge is 2.16. The third-order valence-electron chi connectivity index (χ3n) is 2.00. The Morgan fingerprint density at radius 1 is 1.21 bits per heavy atom. The molecular weight excluding hydrogens is 178 g/mol. The van der Waals surface area contributed by atoms with Crippen molar-refractivity contribution < 1.29 is 4.79 Å². The molecule has 0 unspecified atom stereocenters. The molecule has 1 aliphatic heterocycles. The maximum absolute atomic E-state index is 11.1. The Morgan fingerprint density at radius 2 is 1.64 bits per heavy atom. The van der Waals surface area contributed by atoms with Gasteiger partial charge in [-0.2, -0.15) is 0 Å². The zero-order valence-electron chi connectivity index (χ0n) is 9.84. The van der Waals surface area contributed by atoms with Gasteiger partial charge in [0.25, 0.3) is 0 Å². The molecule has 0 saturated carbocycles. The fourth-order valence-electron chi connectivity index (χ4n) is 1.17. The molecule has 1 N–H and O–H groups in total. The number of rotatable bonds is 0. The number of amides is 2. The minimum atomic E-state index is 0.0399. The smallest absolute Gasteiger partial charge is 0.317 e. The number of carbonyl (C=O) groups is 1. The molecule has 0 aromatic carbocycles. The van der Waals surface area contributed by atoms with Crippen molar-refractivity contribution in [1.29, 1.82) is 0 Å². The highest BCUT2D eigenvalue weighted by Crippen LogP contribution is 1.98. The van der Waals surface area contributed by atoms with Gasteiger partial charge in [-0.3, -0.25) is 0 Å². The van der Waals surface area contributed by atoms with E-state index in [0.717, 1.165) is 26.2 Å². The van der Waals surface area contributed by atoms with Crippen LogP contribution in [0.1, 0.15) is 20.3 Å². The maximum Gasteiger partial charge on any atom is 0.317 e. The molecule has 1 aliphatic rings. The van der Waals surface area contributed by atoms with E-state index in [4.69, 9.17) is 0 Å². The minimum Gasteiger partial charge on any atom is -0.341 e. The SMILES string of the molecule is CCC.CNC(=O)N1CCN(C)CC1. The van der Waals surface area contributed by atoms with Crippen LogP contribution in [0.2, 0.25) is 0 Å². The van der Waals surface area contributed by atoms with Gasteiger partial charge >= 0.3 is 6.03 Å². The van der Waals surface area contributed by atoms with Crippen LogP contribution >= 0.6 is 0 Å². The largest absolute Gasteiger partial charge is 0.341 e. The lowest BCUT2D eigenvalue weighted by molar-refractivity contribution is 0.156. The number of urea groups is 1. The van der Waals surface area contributed by atoms with Crippen LogP contribution in [0.5, 0.6) is 0 Å². The Balaban J connectivity index is 0.000000500. The Bertz CT molecular complexity index is 153. The van der Waals surface area contributed by atoms with Crippen LogP contribution in [-0.2, 0) is 0 Å². The maximum atomic E-state index is 11.1. The molecule has 4 nitrogen and oxygen atoms in total. The standard InChI is InChI=1S/C7H15N3O.C3H8/c1-8-7(11)10-5-3-9(2)4-6-10;1-3-2/h3-6H2,1-2H3,(H,8,11);3H2,1-2H3. The predicted octanol–water partition coefficient (Wildman–Crippen LogP) is 0.989. The predicted molar refractivity (Wildman–Crippen MR) is 59.5 cm³/mol. The van der Waals surface area contributed by atoms with Gasteiger partial charge in [-0.25, -0.2) is 4.79 Å². The summed E-state index contributed by atoms with van der Waals surface area (Å²) < 4.78 is 0. The second-order valence-electron chi connectivity index (χ2n) is 3.55. The molecule has 1 fully saturated rings. The van der Waals surface area contributed by atoms with Crippen molar-refractivity contribution in [3.63, 3.8) is 0 Å². The van der Waals surface area contributed by atoms with Crippen LogP contribution in [0.15, 0.2) is 0 Å². The lowest BCUT2D eigenvalue weighted by Gasteiger charge is -2.31. The van der Waals surface area contributed by atoms with Gasteiger partial charge in [0, 0.05) is 33.2 Å². The van der Waals surface area contributed by atoms with E-state index < -0.39 is 0 Å². The van der Waals surface area contributed by atoms with E-state index in [9.17, 15) is 4.79 Å². The number of likely N-dealkylation sites (N-methyl/N-ethyl adjacent to an activating group) is 1. The first kappa shape index (κ1) is 13.2. The normalized spacial score (nSPS) is 17.0. The van der Waals surface area contributed by atoms with Crippen LogP contribution in [0, 0.1) is 0 Å². The third kappa shape index (κ3) is 5.07. The Hall–Kier alpha value is -0.770. The molecule has 1 rings (SSSR count). The summed E-state index contributed by atoms with van der Waals surface area (Å²) in [6.45, 7) is 7.90. The van der Waals surface area contributed by atoms with E-state index in [2.05, 4.69) is 31.1 Å². The van der Waals surface area contributed by atoms with Gasteiger partial charge in [0.15, 0.2) is 0 Å². The van der Waals surface area contributed by atoms with Crippen molar-refractivity contribution in [2.75, 3.05) is 40.3 Å². The monoisotopic (exact) mass is 201 g/mol. The number of nitrogens with one attached hydrogen (secondary N) is 1. The topological polar surface area (TPSA) is 35.6 Å². The molecule has 0 atom stereocenters. The van der Waals surface area contributed by atoms with Crippen molar-refractivity contribution in [2.24, 2.45) is 0 Å². The van der Waals surface area contributed by atoms with E-state index in [0.29, 0.717) is 0 Å². The lowest BCUT2D eigenvalue weighted by atomic mass is 10.3. The summed E-state index contributed by atoms with van der Waals surface area (Å²) in [5.74, 6) is 0. The summed E-state index contributed by atoms with van der Waals surface area (Å²) in [6, 6.07) is 0.0399. The van der Waals surface area contributed by atoms with Crippen LogP contribution in [-0.4, -0.2) is 56.1 Å². The van der Waals surface area contributed by atoms with E-state index in [1.165, 1.54) is 6.42 Å². The second kappa shape index (κ2) is 7.62. The van der Waals surface area contributed by atoms with Crippen molar-refractivity contribution in [3.8, 4) is 0 Å². The molecule has 0 bridgehead atoms. The summed E-state index contributed by atoms with van der Waals surface area (Å²) in [5, 5.41) is 2.62. The van der Waals surface area contributed by atoms with E-state index in [-0.39, 0.29) is 6.03 Å². The first-order chi connectivity index (χ1) is 6.65. The Morgan fingerprint density at radius 3 is 2.00 bits per heavy atom. The zero-order chi connectivity index (χ0) is 11.0. The van der Waals surface area contributed by atoms with Gasteiger partial charge in [0.1, 0.15) is 0 Å². The number of nitrogens with zero attached hydrogens (tertiary/aromatic N) is 2. The molecule has 1 saturated heterocycles. The van der Waals surface area contributed by atoms with Gasteiger partial charge in [0.2, 0.25) is 0 Å². The van der Waals surface area contributed by atoms with Gasteiger partial charge in [0.05, 0.1) is 0 Å². The summed E-state index contributed by atoms with van der Waals surface area (Å²) in [7, 11) is 3.74. The molecule has 14 heavy (non-hydrogen) atoms. The van der Waals surface area contributed by atoms with Crippen molar-refractivity contribution in [1.82, 2.24) is 15.1 Å². The minimum absolute atomic E-state index is 0.0399. The number of carbonyl (C=O) groups excluding carboxylic acids is 1. The average molecular weight is 201 g/mol. The van der Waals surface area contributed by atoms with Gasteiger partial charge in [-0.15, -0.1) is 0 Å². The molecule has 84 valence electrons. The summed E-state index contributed by atoms with van der Waals surface area (Å²) in [4.78, 5) is 15.1. The van der Waals surface area contributed by atoms with Crippen molar-refractivity contribution in [3.05, 3.63) is 0 Å². The first-order valence-electron chi connectivity index (χ1n) is 5.30. The Labute approximate surface area is 87.3 Å². The zero-order valence-corrected chi connectivity index (χ0v) is 9.84. The fourth-order valence-corrected chi connectivity index (χ4v) is 1.17. The summed E-state index contributed by atoms with van der Waals surface area (Å²) in [5.41, 5.74) is 0. The highest BCUT2D eigenvalue weighted by atomic mass is 16.2. The molecule has 0 aromatic heterocycles. The van der Waals surface area contributed by atoms with Gasteiger partial charge < -0.3 is 15.1 Å². The molecule has 2 amide bonds. The number of piperazine rings is 1. The molecular formula is C10H23N3O. The summed E-state index contributed by atoms with van der Waals surface area (Å²) >= 11 is 0. The number of hydrogen-bond acceptors (Lipinski definition) is 2. The molecule has 0 aromatic rings. The molecule has 0 spiro atoms. The van der Waals surface area contributed by atoms with E-state index in [1.54, 1.807) is 7.05 Å². The highest BCUT2D eigenvalue weighted by molar-refractivity contribution is 5.73. The van der Waals surface area contributed by atoms with Crippen LogP contribution < -0.4 is 5.32 Å². The second-order valence-corrected chi connectivity index (χ2v) is 3.55. The fraction of sp³-hybridized carbons (Fsp3) is 0.900. The van der Waals surface area contributed by atoms with Crippen LogP contribution in [0.4, 0.5) is 4.79 Å². The lowest BCUT2D eigenvalue weighted by Crippen LogP contribution is -2.49. The average Bonchev–Trinajstić information content (AvgIpc) is 2.19. The summed E-state index contributed by atoms with van der Waals surface area (Å²) in [6.07, 6.45) is 1.25. The Kier molecular flexibility index (Phi) is 7.20. The molecule has 1 heterocycles. The van der Waals surface area contributed by atoms with Gasteiger partial charge in [-0.05, 0) is 7.05 Å². The first-order valence-corrected chi connectivity index (χ1v) is 5.30. The quantitative estimate of drug-likeness (QED) is 0.634. The molecule has 0 aliphatic carbocycles. The van der Waals surface area contributed by atoms with Crippen LogP contribution in [0.25, 0.3) is 0 Å². The molecule has 4 heteroatoms.